The zero-order chi connectivity index (χ0) is 15.1. The van der Waals surface area contributed by atoms with E-state index in [1.807, 2.05) is 15.7 Å². The molecular weight excluding hydrogens is 268 g/mol. The van der Waals surface area contributed by atoms with Gasteiger partial charge >= 0.3 is 0 Å². The molecule has 1 fully saturated rings. The minimum absolute atomic E-state index is 0.150. The first-order valence-corrected chi connectivity index (χ1v) is 7.45. The number of hydrogen-bond donors (Lipinski definition) is 1. The average Bonchev–Trinajstić information content (AvgIpc) is 3.00. The van der Waals surface area contributed by atoms with Crippen molar-refractivity contribution in [3.63, 3.8) is 0 Å². The number of aromatic nitrogens is 2. The Morgan fingerprint density at radius 3 is 2.57 bits per heavy atom. The van der Waals surface area contributed by atoms with Gasteiger partial charge in [-0.2, -0.15) is 0 Å². The average molecular weight is 292 g/mol. The molecule has 1 amide bonds. The molecule has 1 aromatic rings. The van der Waals surface area contributed by atoms with Crippen LogP contribution in [0.3, 0.4) is 0 Å². The second kappa shape index (κ2) is 7.66. The monoisotopic (exact) mass is 292 g/mol. The van der Waals surface area contributed by atoms with Crippen LogP contribution in [0.5, 0.6) is 0 Å². The molecule has 1 aliphatic rings. The van der Waals surface area contributed by atoms with Crippen LogP contribution in [0.1, 0.15) is 13.8 Å². The second-order valence-electron chi connectivity index (χ2n) is 5.03. The first-order chi connectivity index (χ1) is 10.2. The van der Waals surface area contributed by atoms with Crippen LogP contribution in [0.2, 0.25) is 0 Å². The molecule has 7 nitrogen and oxygen atoms in total. The van der Waals surface area contributed by atoms with Gasteiger partial charge in [-0.3, -0.25) is 9.79 Å². The second-order valence-corrected chi connectivity index (χ2v) is 5.03. The van der Waals surface area contributed by atoms with E-state index in [1.165, 1.54) is 0 Å². The molecule has 1 aromatic heterocycles. The van der Waals surface area contributed by atoms with Crippen molar-refractivity contribution in [2.24, 2.45) is 4.99 Å². The van der Waals surface area contributed by atoms with Gasteiger partial charge in [0, 0.05) is 58.6 Å². The van der Waals surface area contributed by atoms with Crippen LogP contribution in [0.4, 0.5) is 0 Å². The molecule has 0 spiro atoms. The maximum atomic E-state index is 11.4. The Hall–Kier alpha value is -2.05. The van der Waals surface area contributed by atoms with Gasteiger partial charge in [0.1, 0.15) is 0 Å². The number of guanidine groups is 1. The van der Waals surface area contributed by atoms with Crippen LogP contribution < -0.4 is 5.32 Å². The van der Waals surface area contributed by atoms with E-state index in [1.54, 1.807) is 19.4 Å². The molecule has 116 valence electrons. The highest BCUT2D eigenvalue weighted by Gasteiger charge is 2.20. The van der Waals surface area contributed by atoms with Gasteiger partial charge < -0.3 is 19.7 Å². The molecule has 0 bridgehead atoms. The van der Waals surface area contributed by atoms with Gasteiger partial charge in [0.05, 0.1) is 12.9 Å². The summed E-state index contributed by atoms with van der Waals surface area (Å²) in [6.45, 7) is 9.26. The fourth-order valence-electron chi connectivity index (χ4n) is 2.35. The summed E-state index contributed by atoms with van der Waals surface area (Å²) in [5.41, 5.74) is 0. The number of hydrogen-bond acceptors (Lipinski definition) is 3. The maximum absolute atomic E-state index is 11.4. The van der Waals surface area contributed by atoms with E-state index in [4.69, 9.17) is 0 Å². The van der Waals surface area contributed by atoms with Crippen molar-refractivity contribution in [3.05, 3.63) is 18.7 Å². The van der Waals surface area contributed by atoms with E-state index in [-0.39, 0.29) is 5.91 Å². The SMILES string of the molecule is CCNC(=NCCn1ccnc1)N1CCN(C(C)=O)CC1. The lowest BCUT2D eigenvalue weighted by molar-refractivity contribution is -0.130. The Bertz CT molecular complexity index is 462. The summed E-state index contributed by atoms with van der Waals surface area (Å²) in [5, 5.41) is 3.32. The van der Waals surface area contributed by atoms with Crippen LogP contribution in [0.25, 0.3) is 0 Å². The van der Waals surface area contributed by atoms with Crippen LogP contribution >= 0.6 is 0 Å². The van der Waals surface area contributed by atoms with Crippen molar-refractivity contribution in [3.8, 4) is 0 Å². The third-order valence-corrected chi connectivity index (χ3v) is 3.54. The molecule has 1 saturated heterocycles. The van der Waals surface area contributed by atoms with Crippen molar-refractivity contribution in [2.45, 2.75) is 20.4 Å². The predicted molar refractivity (Wildman–Crippen MR) is 82.0 cm³/mol. The highest BCUT2D eigenvalue weighted by atomic mass is 16.2. The highest BCUT2D eigenvalue weighted by molar-refractivity contribution is 5.80. The van der Waals surface area contributed by atoms with Crippen molar-refractivity contribution in [2.75, 3.05) is 39.3 Å². The molecule has 0 radical (unpaired) electrons. The summed E-state index contributed by atoms with van der Waals surface area (Å²) < 4.78 is 2.01. The first kappa shape index (κ1) is 15.3. The van der Waals surface area contributed by atoms with Crippen LogP contribution in [0.15, 0.2) is 23.7 Å². The standard InChI is InChI=1S/C14H24N6O/c1-3-16-14(17-5-7-18-6-4-15-12-18)20-10-8-19(9-11-20)13(2)21/h4,6,12H,3,5,7-11H2,1-2H3,(H,16,17). The zero-order valence-corrected chi connectivity index (χ0v) is 12.8. The number of rotatable bonds is 4. The molecule has 0 aliphatic carbocycles. The molecule has 7 heteroatoms. The van der Waals surface area contributed by atoms with Crippen molar-refractivity contribution >= 4 is 11.9 Å². The Morgan fingerprint density at radius 2 is 2.00 bits per heavy atom. The number of amides is 1. The van der Waals surface area contributed by atoms with Crippen molar-refractivity contribution < 1.29 is 4.79 Å². The Labute approximate surface area is 125 Å². The summed E-state index contributed by atoms with van der Waals surface area (Å²) in [6, 6.07) is 0. The number of nitrogens with one attached hydrogen (secondary N) is 1. The number of carbonyl (C=O) groups excluding carboxylic acids is 1. The molecule has 1 aliphatic heterocycles. The quantitative estimate of drug-likeness (QED) is 0.627. The highest BCUT2D eigenvalue weighted by Crippen LogP contribution is 2.02. The third kappa shape index (κ3) is 4.47. The van der Waals surface area contributed by atoms with Gasteiger partial charge in [-0.25, -0.2) is 4.98 Å². The lowest BCUT2D eigenvalue weighted by Gasteiger charge is -2.36. The fraction of sp³-hybridized carbons (Fsp3) is 0.643. The Morgan fingerprint density at radius 1 is 1.29 bits per heavy atom. The van der Waals surface area contributed by atoms with Gasteiger partial charge in [-0.1, -0.05) is 0 Å². The van der Waals surface area contributed by atoms with E-state index in [0.29, 0.717) is 6.54 Å². The van der Waals surface area contributed by atoms with Crippen molar-refractivity contribution in [1.29, 1.82) is 0 Å². The van der Waals surface area contributed by atoms with Crippen LogP contribution in [0, 0.1) is 0 Å². The summed E-state index contributed by atoms with van der Waals surface area (Å²) >= 11 is 0. The predicted octanol–water partition coefficient (Wildman–Crippen LogP) is 0.0127. The topological polar surface area (TPSA) is 65.8 Å². The number of nitrogens with zero attached hydrogens (tertiary/aromatic N) is 5. The van der Waals surface area contributed by atoms with E-state index < -0.39 is 0 Å². The Balaban J connectivity index is 1.87. The molecule has 0 saturated carbocycles. The van der Waals surface area contributed by atoms with Gasteiger partial charge in [0.25, 0.3) is 0 Å². The molecular formula is C14H24N6O. The minimum Gasteiger partial charge on any atom is -0.357 e. The molecule has 0 unspecified atom stereocenters. The molecule has 1 N–H and O–H groups in total. The van der Waals surface area contributed by atoms with Gasteiger partial charge in [-0.15, -0.1) is 0 Å². The first-order valence-electron chi connectivity index (χ1n) is 7.45. The largest absolute Gasteiger partial charge is 0.357 e. The molecule has 2 heterocycles. The maximum Gasteiger partial charge on any atom is 0.219 e. The zero-order valence-electron chi connectivity index (χ0n) is 12.8. The van der Waals surface area contributed by atoms with E-state index in [2.05, 4.69) is 27.1 Å². The summed E-state index contributed by atoms with van der Waals surface area (Å²) in [5.74, 6) is 1.08. The van der Waals surface area contributed by atoms with Crippen molar-refractivity contribution in [1.82, 2.24) is 24.7 Å². The van der Waals surface area contributed by atoms with Gasteiger partial charge in [-0.05, 0) is 6.92 Å². The van der Waals surface area contributed by atoms with E-state index in [0.717, 1.165) is 45.2 Å². The number of aliphatic imine (C=N–C) groups is 1. The lowest BCUT2D eigenvalue weighted by Crippen LogP contribution is -2.53. The summed E-state index contributed by atoms with van der Waals surface area (Å²) in [6.07, 6.45) is 5.51. The third-order valence-electron chi connectivity index (χ3n) is 3.54. The number of imidazole rings is 1. The lowest BCUT2D eigenvalue weighted by atomic mass is 10.3. The smallest absolute Gasteiger partial charge is 0.219 e. The van der Waals surface area contributed by atoms with Crippen LogP contribution in [-0.4, -0.2) is 70.5 Å². The summed E-state index contributed by atoms with van der Waals surface area (Å²) in [4.78, 5) is 24.1. The van der Waals surface area contributed by atoms with E-state index in [9.17, 15) is 4.79 Å². The normalized spacial score (nSPS) is 16.2. The molecule has 0 aromatic carbocycles. The van der Waals surface area contributed by atoms with Gasteiger partial charge in [0.2, 0.25) is 5.91 Å². The number of piperazine rings is 1. The van der Waals surface area contributed by atoms with E-state index >= 15 is 0 Å². The Kier molecular flexibility index (Phi) is 5.59. The fourth-order valence-corrected chi connectivity index (χ4v) is 2.35. The van der Waals surface area contributed by atoms with Crippen LogP contribution in [-0.2, 0) is 11.3 Å². The number of carbonyl (C=O) groups is 1. The van der Waals surface area contributed by atoms with Gasteiger partial charge in [0.15, 0.2) is 5.96 Å². The minimum atomic E-state index is 0.150. The molecule has 2 rings (SSSR count). The summed E-state index contributed by atoms with van der Waals surface area (Å²) in [7, 11) is 0. The molecule has 21 heavy (non-hydrogen) atoms. The molecule has 0 atom stereocenters.